The Hall–Kier alpha value is -1.63. The fourth-order valence-electron chi connectivity index (χ4n) is 2.01. The summed E-state index contributed by atoms with van der Waals surface area (Å²) in [4.78, 5) is 4.10. The minimum atomic E-state index is 0.639. The molecule has 4 N–H and O–H groups in total. The van der Waals surface area contributed by atoms with E-state index in [0.717, 1.165) is 30.2 Å². The molecule has 7 heteroatoms. The summed E-state index contributed by atoms with van der Waals surface area (Å²) in [5.41, 5.74) is 7.14. The molecule has 2 aromatic rings. The van der Waals surface area contributed by atoms with Crippen molar-refractivity contribution < 1.29 is 0 Å². The smallest absolute Gasteiger partial charge is 0.142 e. The zero-order valence-electron chi connectivity index (χ0n) is 10.0. The van der Waals surface area contributed by atoms with Crippen LogP contribution in [-0.2, 0) is 6.42 Å². The first-order chi connectivity index (χ1) is 8.84. The van der Waals surface area contributed by atoms with Crippen LogP contribution in [0.2, 0.25) is 0 Å². The maximum atomic E-state index is 5.90. The van der Waals surface area contributed by atoms with Crippen molar-refractivity contribution in [3.8, 4) is 0 Å². The zero-order valence-corrected chi connectivity index (χ0v) is 10.8. The van der Waals surface area contributed by atoms with Gasteiger partial charge in [0.2, 0.25) is 0 Å². The molecule has 0 spiro atoms. The van der Waals surface area contributed by atoms with E-state index in [9.17, 15) is 0 Å². The number of nitrogens with one attached hydrogen (secondary N) is 2. The van der Waals surface area contributed by atoms with Crippen LogP contribution in [-0.4, -0.2) is 26.1 Å². The van der Waals surface area contributed by atoms with Crippen LogP contribution in [0, 0.1) is 0 Å². The largest absolute Gasteiger partial charge is 0.383 e. The van der Waals surface area contributed by atoms with E-state index in [4.69, 9.17) is 5.73 Å². The van der Waals surface area contributed by atoms with Gasteiger partial charge in [0.25, 0.3) is 0 Å². The second-order valence-electron chi connectivity index (χ2n) is 4.55. The van der Waals surface area contributed by atoms with E-state index in [2.05, 4.69) is 24.9 Å². The molecule has 0 radical (unpaired) electrons. The van der Waals surface area contributed by atoms with Gasteiger partial charge in [0, 0.05) is 18.5 Å². The van der Waals surface area contributed by atoms with Crippen molar-refractivity contribution in [2.24, 2.45) is 0 Å². The molecule has 1 saturated carbocycles. The summed E-state index contributed by atoms with van der Waals surface area (Å²) in [6.07, 6.45) is 5.94. The zero-order chi connectivity index (χ0) is 12.4. The maximum absolute atomic E-state index is 5.90. The van der Waals surface area contributed by atoms with Crippen molar-refractivity contribution in [2.45, 2.75) is 31.6 Å². The molecule has 0 atom stereocenters. The van der Waals surface area contributed by atoms with E-state index in [1.54, 1.807) is 0 Å². The number of hydrogen-bond acceptors (Lipinski definition) is 6. The van der Waals surface area contributed by atoms with E-state index < -0.39 is 0 Å². The van der Waals surface area contributed by atoms with E-state index in [1.807, 2.05) is 0 Å². The lowest BCUT2D eigenvalue weighted by Crippen LogP contribution is -2.04. The molecule has 6 nitrogen and oxygen atoms in total. The Labute approximate surface area is 109 Å². The molecule has 1 aliphatic rings. The van der Waals surface area contributed by atoms with Gasteiger partial charge in [-0.2, -0.15) is 9.47 Å². The minimum Gasteiger partial charge on any atom is -0.383 e. The first-order valence-corrected chi connectivity index (χ1v) is 6.95. The summed E-state index contributed by atoms with van der Waals surface area (Å²) in [6.45, 7) is 0.905. The lowest BCUT2D eigenvalue weighted by atomic mass is 10.2. The highest BCUT2D eigenvalue weighted by Gasteiger charge is 2.30. The molecule has 1 fully saturated rings. The lowest BCUT2D eigenvalue weighted by Gasteiger charge is -2.05. The first kappa shape index (κ1) is 11.5. The van der Waals surface area contributed by atoms with E-state index >= 15 is 0 Å². The molecule has 0 unspecified atom stereocenters. The predicted octanol–water partition coefficient (Wildman–Crippen LogP) is 1.77. The van der Waals surface area contributed by atoms with Crippen molar-refractivity contribution in [3.05, 3.63) is 17.7 Å². The highest BCUT2D eigenvalue weighted by molar-refractivity contribution is 7.10. The van der Waals surface area contributed by atoms with E-state index in [0.29, 0.717) is 11.7 Å². The number of anilines is 2. The van der Waals surface area contributed by atoms with Crippen molar-refractivity contribution in [2.75, 3.05) is 17.6 Å². The van der Waals surface area contributed by atoms with Crippen molar-refractivity contribution >= 4 is 22.4 Å². The Kier molecular flexibility index (Phi) is 3.14. The van der Waals surface area contributed by atoms with Crippen LogP contribution in [0.4, 0.5) is 10.8 Å². The van der Waals surface area contributed by atoms with Gasteiger partial charge in [-0.3, -0.25) is 5.10 Å². The summed E-state index contributed by atoms with van der Waals surface area (Å²) in [7, 11) is 0. The molecule has 0 saturated heterocycles. The van der Waals surface area contributed by atoms with Gasteiger partial charge < -0.3 is 11.1 Å². The van der Waals surface area contributed by atoms with Gasteiger partial charge >= 0.3 is 0 Å². The average Bonchev–Trinajstić information content (AvgIpc) is 2.93. The summed E-state index contributed by atoms with van der Waals surface area (Å²) in [6, 6.07) is 0. The van der Waals surface area contributed by atoms with Crippen molar-refractivity contribution in [1.82, 2.24) is 19.6 Å². The first-order valence-electron chi connectivity index (χ1n) is 6.17. The van der Waals surface area contributed by atoms with Gasteiger partial charge in [-0.25, -0.2) is 4.98 Å². The van der Waals surface area contributed by atoms with Crippen LogP contribution in [0.25, 0.3) is 0 Å². The third-order valence-electron chi connectivity index (χ3n) is 3.08. The normalized spacial score (nSPS) is 14.9. The van der Waals surface area contributed by atoms with Gasteiger partial charge in [-0.1, -0.05) is 0 Å². The van der Waals surface area contributed by atoms with Gasteiger partial charge in [-0.05, 0) is 36.7 Å². The maximum Gasteiger partial charge on any atom is 0.142 e. The Morgan fingerprint density at radius 1 is 1.50 bits per heavy atom. The Balaban J connectivity index is 1.51. The minimum absolute atomic E-state index is 0.639. The van der Waals surface area contributed by atoms with Gasteiger partial charge in [0.15, 0.2) is 0 Å². The number of rotatable bonds is 6. The Bertz CT molecular complexity index is 502. The quantitative estimate of drug-likeness (QED) is 0.691. The van der Waals surface area contributed by atoms with Crippen LogP contribution in [0.3, 0.4) is 0 Å². The molecule has 96 valence electrons. The standard InChI is InChI=1S/C11H16N6S/c12-10-9(7-3-4-7)11(18-17-10)13-5-1-2-8-14-6-15-16-8/h6-7,13H,1-5H2,(H2,12,17)(H,14,15,16). The second-order valence-corrected chi connectivity index (χ2v) is 5.32. The Morgan fingerprint density at radius 2 is 2.39 bits per heavy atom. The molecule has 3 rings (SSSR count). The third kappa shape index (κ3) is 2.45. The summed E-state index contributed by atoms with van der Waals surface area (Å²) in [5.74, 6) is 2.28. The lowest BCUT2D eigenvalue weighted by molar-refractivity contribution is 0.806. The van der Waals surface area contributed by atoms with Crippen LogP contribution < -0.4 is 11.1 Å². The van der Waals surface area contributed by atoms with E-state index in [-0.39, 0.29) is 0 Å². The molecule has 0 aromatic carbocycles. The molecule has 2 aromatic heterocycles. The highest BCUT2D eigenvalue weighted by Crippen LogP contribution is 2.47. The number of H-pyrrole nitrogens is 1. The molecule has 1 aliphatic carbocycles. The third-order valence-corrected chi connectivity index (χ3v) is 3.92. The van der Waals surface area contributed by atoms with Gasteiger partial charge in [-0.15, -0.1) is 0 Å². The fourth-order valence-corrected chi connectivity index (χ4v) is 2.84. The number of aromatic amines is 1. The molecule has 2 heterocycles. The average molecular weight is 264 g/mol. The van der Waals surface area contributed by atoms with Gasteiger partial charge in [0.05, 0.1) is 0 Å². The van der Waals surface area contributed by atoms with Crippen LogP contribution in [0.5, 0.6) is 0 Å². The van der Waals surface area contributed by atoms with Crippen molar-refractivity contribution in [1.29, 1.82) is 0 Å². The summed E-state index contributed by atoms with van der Waals surface area (Å²) in [5, 5.41) is 11.3. The molecular weight excluding hydrogens is 248 g/mol. The van der Waals surface area contributed by atoms with Crippen LogP contribution in [0.1, 0.15) is 36.6 Å². The molecule has 0 bridgehead atoms. The van der Waals surface area contributed by atoms with Crippen LogP contribution in [0.15, 0.2) is 6.33 Å². The number of aromatic nitrogens is 4. The predicted molar refractivity (Wildman–Crippen MR) is 71.7 cm³/mol. The summed E-state index contributed by atoms with van der Waals surface area (Å²) < 4.78 is 4.23. The SMILES string of the molecule is Nc1nsc(NCCCc2ncn[nH]2)c1C1CC1. The number of nitrogens with zero attached hydrogens (tertiary/aromatic N) is 3. The molecule has 18 heavy (non-hydrogen) atoms. The Morgan fingerprint density at radius 3 is 3.11 bits per heavy atom. The highest BCUT2D eigenvalue weighted by atomic mass is 32.1. The fraction of sp³-hybridized carbons (Fsp3) is 0.545. The summed E-state index contributed by atoms with van der Waals surface area (Å²) >= 11 is 1.47. The molecule has 0 aliphatic heterocycles. The van der Waals surface area contributed by atoms with E-state index in [1.165, 1.54) is 36.3 Å². The van der Waals surface area contributed by atoms with Gasteiger partial charge in [0.1, 0.15) is 23.0 Å². The molecule has 0 amide bonds. The number of nitrogens with two attached hydrogens (primary N) is 1. The van der Waals surface area contributed by atoms with Crippen LogP contribution >= 0.6 is 11.5 Å². The number of aryl methyl sites for hydroxylation is 1. The number of hydrogen-bond donors (Lipinski definition) is 3. The number of nitrogen functional groups attached to an aromatic ring is 1. The topological polar surface area (TPSA) is 92.5 Å². The van der Waals surface area contributed by atoms with Crippen molar-refractivity contribution in [3.63, 3.8) is 0 Å². The second kappa shape index (κ2) is 4.93. The monoisotopic (exact) mass is 264 g/mol. The molecular formula is C11H16N6S.